The molecule has 70 heavy (non-hydrogen) atoms. The first kappa shape index (κ1) is 42.4. The molecule has 6 aliphatic rings. The van der Waals surface area contributed by atoms with E-state index < -0.39 is 23.5 Å². The van der Waals surface area contributed by atoms with Gasteiger partial charge in [-0.15, -0.1) is 0 Å². The fraction of sp³-hybridized carbons (Fsp3) is 0.269. The van der Waals surface area contributed by atoms with Crippen LogP contribution in [0.5, 0.6) is 23.0 Å². The van der Waals surface area contributed by atoms with Crippen LogP contribution in [0.25, 0.3) is 22.1 Å². The van der Waals surface area contributed by atoms with Crippen molar-refractivity contribution in [1.29, 1.82) is 0 Å². The molecule has 18 heteroatoms. The summed E-state index contributed by atoms with van der Waals surface area (Å²) in [6, 6.07) is 23.0. The van der Waals surface area contributed by atoms with Crippen LogP contribution >= 0.6 is 0 Å². The number of carbonyl (C=O) groups excluding carboxylic acids is 2. The van der Waals surface area contributed by atoms with Crippen LogP contribution in [0.2, 0.25) is 0 Å². The van der Waals surface area contributed by atoms with E-state index in [2.05, 4.69) is 64.8 Å². The van der Waals surface area contributed by atoms with E-state index in [4.69, 9.17) is 9.47 Å². The standard InChI is InChI=1S/2C26H19F3N4O2/c2*27-26(28,29)13-2-5-18-19(10-13)32-25(31-18)23-17-9-12-1-3-14(11-16(12)22(17)23)35-20-7-8-30-24-15(20)4-6-21(34)33-24/h2*1-3,5,7-8,10-11,17,22-23H,4,6,9H2,(H,31,32)(H,30,33,34)/t17-,22+,23?;17-,22+,23+/m01/s1. The number of amides is 2. The number of benzene rings is 4. The van der Waals surface area contributed by atoms with Crippen molar-refractivity contribution in [3.8, 4) is 23.0 Å². The summed E-state index contributed by atoms with van der Waals surface area (Å²) in [6.07, 6.45) is -1.78. The van der Waals surface area contributed by atoms with Gasteiger partial charge in [-0.2, -0.15) is 26.3 Å². The maximum absolute atomic E-state index is 13.1. The van der Waals surface area contributed by atoms with Gasteiger partial charge in [-0.25, -0.2) is 19.9 Å². The van der Waals surface area contributed by atoms with Gasteiger partial charge < -0.3 is 30.1 Å². The van der Waals surface area contributed by atoms with Gasteiger partial charge in [0.1, 0.15) is 46.3 Å². The van der Waals surface area contributed by atoms with E-state index in [0.29, 0.717) is 94.2 Å². The van der Waals surface area contributed by atoms with Crippen LogP contribution in [0.4, 0.5) is 38.0 Å². The monoisotopic (exact) mass is 952 g/mol. The zero-order chi connectivity index (χ0) is 47.8. The molecule has 4 aliphatic carbocycles. The largest absolute Gasteiger partial charge is 0.457 e. The minimum atomic E-state index is -4.38. The van der Waals surface area contributed by atoms with E-state index in [-0.39, 0.29) is 35.5 Å². The molecule has 2 fully saturated rings. The third kappa shape index (κ3) is 7.29. The van der Waals surface area contributed by atoms with Crippen molar-refractivity contribution in [2.45, 2.75) is 74.5 Å². The normalized spacial score (nSPS) is 22.4. The van der Waals surface area contributed by atoms with Crippen LogP contribution in [-0.4, -0.2) is 41.7 Å². The number of hydrogen-bond acceptors (Lipinski definition) is 8. The molecule has 352 valence electrons. The van der Waals surface area contributed by atoms with Gasteiger partial charge in [0.05, 0.1) is 33.2 Å². The Balaban J connectivity index is 0.000000137. The third-order valence-corrected chi connectivity index (χ3v) is 14.7. The number of aromatic amines is 2. The summed E-state index contributed by atoms with van der Waals surface area (Å²) in [7, 11) is 0. The second kappa shape index (κ2) is 15.4. The number of nitrogens with zero attached hydrogens (tertiary/aromatic N) is 4. The number of hydrogen-bond donors (Lipinski definition) is 4. The lowest BCUT2D eigenvalue weighted by atomic mass is 10.0. The van der Waals surface area contributed by atoms with Crippen molar-refractivity contribution in [2.75, 3.05) is 10.6 Å². The molecule has 4 aromatic heterocycles. The van der Waals surface area contributed by atoms with Gasteiger partial charge in [-0.05, 0) is 144 Å². The highest BCUT2D eigenvalue weighted by Crippen LogP contribution is 2.67. The molecule has 0 radical (unpaired) electrons. The molecule has 2 saturated carbocycles. The topological polar surface area (TPSA) is 160 Å². The summed E-state index contributed by atoms with van der Waals surface area (Å²) in [5.41, 5.74) is 7.25. The Hall–Kier alpha value is -7.76. The predicted molar refractivity (Wildman–Crippen MR) is 243 cm³/mol. The SMILES string of the molecule is O=C1CCc2c(Oc3ccc4c(c3)[C@H]3C(c5nc6ccc(C(F)(F)F)cc6[nH]5)[C@H]3C4)ccnc2N1.O=C1CCc2c(Oc3ccc4c(c3)[C@H]3[C@@H](C4)[C@@H]3c3nc4ccc(C(F)(F)F)cc4[nH]3)ccnc2N1. The van der Waals surface area contributed by atoms with Gasteiger partial charge in [0.25, 0.3) is 0 Å². The Morgan fingerprint density at radius 1 is 0.514 bits per heavy atom. The lowest BCUT2D eigenvalue weighted by Gasteiger charge is -2.19. The molecule has 1 unspecified atom stereocenters. The molecule has 12 nitrogen and oxygen atoms in total. The minimum absolute atomic E-state index is 0.0503. The average molecular weight is 953 g/mol. The molecule has 2 aliphatic heterocycles. The molecule has 6 atom stereocenters. The molecule has 2 amide bonds. The number of halogens is 6. The number of pyridine rings is 2. The summed E-state index contributed by atoms with van der Waals surface area (Å²) < 4.78 is 90.9. The molecular weight excluding hydrogens is 915 g/mol. The fourth-order valence-electron chi connectivity index (χ4n) is 11.3. The quantitative estimate of drug-likeness (QED) is 0.120. The van der Waals surface area contributed by atoms with E-state index in [9.17, 15) is 35.9 Å². The van der Waals surface area contributed by atoms with Gasteiger partial charge in [-0.3, -0.25) is 9.59 Å². The van der Waals surface area contributed by atoms with Crippen molar-refractivity contribution in [2.24, 2.45) is 11.8 Å². The van der Waals surface area contributed by atoms with Crippen molar-refractivity contribution >= 4 is 45.5 Å². The molecular formula is C52H38F6N8O4. The number of imidazole rings is 2. The highest BCUT2D eigenvalue weighted by Gasteiger charge is 2.59. The second-order valence-electron chi connectivity index (χ2n) is 18.8. The van der Waals surface area contributed by atoms with Gasteiger partial charge in [0.2, 0.25) is 11.8 Å². The van der Waals surface area contributed by atoms with Crippen molar-refractivity contribution < 1.29 is 45.4 Å². The number of aromatic nitrogens is 6. The lowest BCUT2D eigenvalue weighted by molar-refractivity contribution is -0.138. The van der Waals surface area contributed by atoms with E-state index in [1.165, 1.54) is 34.4 Å². The zero-order valence-electron chi connectivity index (χ0n) is 36.6. The Labute approximate surface area is 393 Å². The molecule has 0 spiro atoms. The number of anilines is 2. The number of rotatable bonds is 6. The van der Waals surface area contributed by atoms with E-state index in [0.717, 1.165) is 59.9 Å². The van der Waals surface area contributed by atoms with Gasteiger partial charge in [0, 0.05) is 48.2 Å². The number of nitrogens with one attached hydrogen (secondary N) is 4. The summed E-state index contributed by atoms with van der Waals surface area (Å²) >= 11 is 0. The third-order valence-electron chi connectivity index (χ3n) is 14.7. The maximum atomic E-state index is 13.1. The van der Waals surface area contributed by atoms with Crippen LogP contribution in [0.3, 0.4) is 0 Å². The van der Waals surface area contributed by atoms with E-state index in [1.54, 1.807) is 24.5 Å². The summed E-state index contributed by atoms with van der Waals surface area (Å²) in [4.78, 5) is 47.3. The number of fused-ring (bicyclic) bond motifs is 10. The maximum Gasteiger partial charge on any atom is 0.416 e. The minimum Gasteiger partial charge on any atom is -0.457 e. The van der Waals surface area contributed by atoms with Crippen molar-refractivity contribution in [1.82, 2.24) is 29.9 Å². The smallest absolute Gasteiger partial charge is 0.416 e. The van der Waals surface area contributed by atoms with Gasteiger partial charge in [0.15, 0.2) is 0 Å². The lowest BCUT2D eigenvalue weighted by Crippen LogP contribution is -2.20. The summed E-state index contributed by atoms with van der Waals surface area (Å²) in [5.74, 6) is 6.84. The van der Waals surface area contributed by atoms with E-state index >= 15 is 0 Å². The molecule has 4 aromatic carbocycles. The van der Waals surface area contributed by atoms with Crippen LogP contribution < -0.4 is 20.1 Å². The molecule has 14 rings (SSSR count). The molecule has 0 saturated heterocycles. The first-order valence-corrected chi connectivity index (χ1v) is 23.0. The fourth-order valence-corrected chi connectivity index (χ4v) is 11.3. The van der Waals surface area contributed by atoms with Crippen molar-refractivity contribution in [3.05, 3.63) is 153 Å². The number of H-pyrrole nitrogens is 2. The van der Waals surface area contributed by atoms with E-state index in [1.807, 2.05) is 12.1 Å². The molecule has 6 heterocycles. The van der Waals surface area contributed by atoms with Gasteiger partial charge in [-0.1, -0.05) is 12.1 Å². The first-order valence-electron chi connectivity index (χ1n) is 23.0. The van der Waals surface area contributed by atoms with Crippen LogP contribution in [-0.2, 0) is 47.6 Å². The Morgan fingerprint density at radius 2 is 0.957 bits per heavy atom. The number of carbonyl (C=O) groups is 2. The molecule has 0 bridgehead atoms. The zero-order valence-corrected chi connectivity index (χ0v) is 36.6. The Bertz CT molecular complexity index is 3280. The molecule has 8 aromatic rings. The van der Waals surface area contributed by atoms with Crippen LogP contribution in [0.1, 0.15) is 92.7 Å². The highest BCUT2D eigenvalue weighted by molar-refractivity contribution is 5.94. The van der Waals surface area contributed by atoms with Crippen molar-refractivity contribution in [3.63, 3.8) is 0 Å². The van der Waals surface area contributed by atoms with Crippen LogP contribution in [0, 0.1) is 11.8 Å². The summed E-state index contributed by atoms with van der Waals surface area (Å²) in [5, 5.41) is 5.57. The predicted octanol–water partition coefficient (Wildman–Crippen LogP) is 11.4. The Morgan fingerprint density at radius 3 is 1.39 bits per heavy atom. The second-order valence-corrected chi connectivity index (χ2v) is 18.8. The van der Waals surface area contributed by atoms with Gasteiger partial charge >= 0.3 is 12.4 Å². The highest BCUT2D eigenvalue weighted by atomic mass is 19.4. The number of alkyl halides is 6. The molecule has 4 N–H and O–H groups in total. The number of ether oxygens (including phenoxy) is 2. The Kier molecular flexibility index (Phi) is 9.30. The average Bonchev–Trinajstić information content (AvgIpc) is 3.84. The summed E-state index contributed by atoms with van der Waals surface area (Å²) in [6.45, 7) is 0. The first-order chi connectivity index (χ1) is 33.7. The van der Waals surface area contributed by atoms with Crippen LogP contribution in [0.15, 0.2) is 97.3 Å².